The highest BCUT2D eigenvalue weighted by Gasteiger charge is 2.33. The molecular weight excluding hydrogens is 352 g/mol. The Kier molecular flexibility index (Phi) is 5.59. The van der Waals surface area contributed by atoms with E-state index < -0.39 is 0 Å². The summed E-state index contributed by atoms with van der Waals surface area (Å²) in [5, 5.41) is 7.71. The molecule has 1 fully saturated rings. The molecule has 2 aromatic rings. The molecule has 2 amide bonds. The molecule has 150 valence electrons. The second kappa shape index (κ2) is 7.78. The van der Waals surface area contributed by atoms with E-state index in [1.165, 1.54) is 0 Å². The third kappa shape index (κ3) is 4.61. The second-order valence-corrected chi connectivity index (χ2v) is 8.59. The summed E-state index contributed by atoms with van der Waals surface area (Å²) in [6, 6.07) is 9.92. The maximum atomic E-state index is 12.7. The van der Waals surface area contributed by atoms with Crippen molar-refractivity contribution in [3.05, 3.63) is 41.6 Å². The van der Waals surface area contributed by atoms with Crippen molar-refractivity contribution < 1.29 is 9.59 Å². The lowest BCUT2D eigenvalue weighted by Gasteiger charge is -2.20. The Hall–Kier alpha value is -2.63. The van der Waals surface area contributed by atoms with Gasteiger partial charge in [0.05, 0.1) is 17.9 Å². The van der Waals surface area contributed by atoms with E-state index in [2.05, 4.69) is 26.1 Å². The molecular formula is C22H30N4O2. The monoisotopic (exact) mass is 382 g/mol. The highest BCUT2D eigenvalue weighted by Crippen LogP contribution is 2.31. The third-order valence-electron chi connectivity index (χ3n) is 4.95. The van der Waals surface area contributed by atoms with Crippen molar-refractivity contribution in [1.29, 1.82) is 0 Å². The quantitative estimate of drug-likeness (QED) is 0.829. The summed E-state index contributed by atoms with van der Waals surface area (Å²) in [6.07, 6.45) is 1.87. The number of hydrogen-bond donors (Lipinski definition) is 1. The van der Waals surface area contributed by atoms with Crippen LogP contribution in [0.25, 0.3) is 5.69 Å². The first kappa shape index (κ1) is 20.1. The second-order valence-electron chi connectivity index (χ2n) is 8.59. The number of carbonyl (C=O) groups is 2. The van der Waals surface area contributed by atoms with Gasteiger partial charge in [-0.1, -0.05) is 32.9 Å². The number of aromatic nitrogens is 2. The van der Waals surface area contributed by atoms with Gasteiger partial charge in [0.25, 0.3) is 0 Å². The van der Waals surface area contributed by atoms with Crippen molar-refractivity contribution in [3.8, 4) is 5.69 Å². The minimum atomic E-state index is -0.204. The maximum Gasteiger partial charge on any atom is 0.245 e. The molecule has 1 aliphatic rings. The van der Waals surface area contributed by atoms with Gasteiger partial charge in [-0.2, -0.15) is 5.10 Å². The molecule has 0 radical (unpaired) electrons. The Balaban J connectivity index is 1.84. The highest BCUT2D eigenvalue weighted by molar-refractivity contribution is 5.94. The number of amides is 2. The fourth-order valence-corrected chi connectivity index (χ4v) is 3.08. The molecule has 1 aliphatic carbocycles. The number of likely N-dealkylation sites (N-methyl/N-ethyl adjacent to an activating group) is 1. The summed E-state index contributed by atoms with van der Waals surface area (Å²) in [7, 11) is 0. The van der Waals surface area contributed by atoms with Crippen LogP contribution in [0.15, 0.2) is 30.3 Å². The van der Waals surface area contributed by atoms with Crippen molar-refractivity contribution in [2.24, 2.45) is 5.92 Å². The van der Waals surface area contributed by atoms with Crippen LogP contribution in [0, 0.1) is 12.8 Å². The zero-order valence-electron chi connectivity index (χ0n) is 17.5. The lowest BCUT2D eigenvalue weighted by molar-refractivity contribution is -0.135. The van der Waals surface area contributed by atoms with Crippen molar-refractivity contribution in [1.82, 2.24) is 14.7 Å². The third-order valence-corrected chi connectivity index (χ3v) is 4.95. The van der Waals surface area contributed by atoms with Crippen molar-refractivity contribution in [2.45, 2.75) is 52.9 Å². The first-order valence-electron chi connectivity index (χ1n) is 9.95. The molecule has 28 heavy (non-hydrogen) atoms. The SMILES string of the molecule is CCN(CC(=O)Nc1cc(C(C)(C)C)nn1-c1cccc(C)c1)C(=O)C1CC1. The molecule has 0 atom stereocenters. The van der Waals surface area contributed by atoms with Gasteiger partial charge in [-0.25, -0.2) is 4.68 Å². The number of hydrogen-bond acceptors (Lipinski definition) is 3. The first-order valence-corrected chi connectivity index (χ1v) is 9.95. The normalized spacial score (nSPS) is 14.0. The van der Waals surface area contributed by atoms with E-state index in [-0.39, 0.29) is 29.7 Å². The molecule has 6 nitrogen and oxygen atoms in total. The van der Waals surface area contributed by atoms with Crippen LogP contribution in [0.4, 0.5) is 5.82 Å². The molecule has 1 aromatic heterocycles. The van der Waals surface area contributed by atoms with Crippen LogP contribution in [0.1, 0.15) is 51.8 Å². The van der Waals surface area contributed by atoms with Gasteiger partial charge in [-0.15, -0.1) is 0 Å². The predicted molar refractivity (Wildman–Crippen MR) is 111 cm³/mol. The van der Waals surface area contributed by atoms with Crippen LogP contribution >= 0.6 is 0 Å². The fraction of sp³-hybridized carbons (Fsp3) is 0.500. The van der Waals surface area contributed by atoms with Crippen LogP contribution < -0.4 is 5.32 Å². The number of nitrogens with one attached hydrogen (secondary N) is 1. The molecule has 1 heterocycles. The van der Waals surface area contributed by atoms with Crippen LogP contribution in [0.2, 0.25) is 0 Å². The van der Waals surface area contributed by atoms with Crippen molar-refractivity contribution in [2.75, 3.05) is 18.4 Å². The minimum absolute atomic E-state index is 0.0652. The predicted octanol–water partition coefficient (Wildman–Crippen LogP) is 3.68. The Bertz CT molecular complexity index is 875. The fourth-order valence-electron chi connectivity index (χ4n) is 3.08. The molecule has 0 unspecified atom stereocenters. The Labute approximate surface area is 166 Å². The van der Waals surface area contributed by atoms with E-state index in [4.69, 9.17) is 5.10 Å². The summed E-state index contributed by atoms with van der Waals surface area (Å²) in [5.74, 6) is 0.610. The summed E-state index contributed by atoms with van der Waals surface area (Å²) in [6.45, 7) is 10.8. The zero-order valence-corrected chi connectivity index (χ0v) is 17.5. The van der Waals surface area contributed by atoms with E-state index in [0.29, 0.717) is 12.4 Å². The van der Waals surface area contributed by atoms with Gasteiger partial charge in [-0.05, 0) is 44.4 Å². The van der Waals surface area contributed by atoms with E-state index in [9.17, 15) is 9.59 Å². The maximum absolute atomic E-state index is 12.7. The Morgan fingerprint density at radius 1 is 1.25 bits per heavy atom. The molecule has 1 N–H and O–H groups in total. The van der Waals surface area contributed by atoms with Gasteiger partial charge >= 0.3 is 0 Å². The van der Waals surface area contributed by atoms with Crippen LogP contribution in [0.3, 0.4) is 0 Å². The van der Waals surface area contributed by atoms with Crippen LogP contribution in [-0.2, 0) is 15.0 Å². The van der Waals surface area contributed by atoms with Crippen LogP contribution in [0.5, 0.6) is 0 Å². The van der Waals surface area contributed by atoms with Gasteiger partial charge < -0.3 is 10.2 Å². The van der Waals surface area contributed by atoms with E-state index >= 15 is 0 Å². The first-order chi connectivity index (χ1) is 13.2. The number of aryl methyl sites for hydroxylation is 1. The van der Waals surface area contributed by atoms with Gasteiger partial charge in [0, 0.05) is 23.9 Å². The number of nitrogens with zero attached hydrogens (tertiary/aromatic N) is 3. The number of carbonyl (C=O) groups excluding carboxylic acids is 2. The van der Waals surface area contributed by atoms with E-state index in [1.54, 1.807) is 9.58 Å². The zero-order chi connectivity index (χ0) is 20.5. The molecule has 6 heteroatoms. The number of rotatable bonds is 6. The topological polar surface area (TPSA) is 67.2 Å². The van der Waals surface area contributed by atoms with Gasteiger partial charge in [0.15, 0.2) is 0 Å². The van der Waals surface area contributed by atoms with Gasteiger partial charge in [0.2, 0.25) is 11.8 Å². The van der Waals surface area contributed by atoms with Crippen molar-refractivity contribution in [3.63, 3.8) is 0 Å². The molecule has 0 bridgehead atoms. The van der Waals surface area contributed by atoms with E-state index in [0.717, 1.165) is 29.8 Å². The lowest BCUT2D eigenvalue weighted by Crippen LogP contribution is -2.38. The average Bonchev–Trinajstić information content (AvgIpc) is 3.38. The number of anilines is 1. The van der Waals surface area contributed by atoms with E-state index in [1.807, 2.05) is 44.2 Å². The number of benzene rings is 1. The smallest absolute Gasteiger partial charge is 0.245 e. The van der Waals surface area contributed by atoms with Crippen molar-refractivity contribution >= 4 is 17.6 Å². The summed E-state index contributed by atoms with van der Waals surface area (Å²) < 4.78 is 1.77. The lowest BCUT2D eigenvalue weighted by atomic mass is 9.92. The average molecular weight is 383 g/mol. The molecule has 1 saturated carbocycles. The molecule has 0 saturated heterocycles. The Morgan fingerprint density at radius 2 is 1.96 bits per heavy atom. The minimum Gasteiger partial charge on any atom is -0.333 e. The molecule has 3 rings (SSSR count). The molecule has 1 aromatic carbocycles. The molecule has 0 aliphatic heterocycles. The summed E-state index contributed by atoms with van der Waals surface area (Å²) in [5.41, 5.74) is 2.76. The van der Waals surface area contributed by atoms with Gasteiger partial charge in [-0.3, -0.25) is 9.59 Å². The summed E-state index contributed by atoms with van der Waals surface area (Å²) >= 11 is 0. The van der Waals surface area contributed by atoms with Gasteiger partial charge in [0.1, 0.15) is 5.82 Å². The standard InChI is InChI=1S/C22H30N4O2/c1-6-25(21(28)16-10-11-16)14-20(27)23-19-13-18(22(3,4)5)24-26(19)17-9-7-8-15(2)12-17/h7-9,12-13,16H,6,10-11,14H2,1-5H3,(H,23,27). The highest BCUT2D eigenvalue weighted by atomic mass is 16.2. The largest absolute Gasteiger partial charge is 0.333 e. The van der Waals surface area contributed by atoms with Crippen LogP contribution in [-0.4, -0.2) is 39.6 Å². The summed E-state index contributed by atoms with van der Waals surface area (Å²) in [4.78, 5) is 26.6. The molecule has 0 spiro atoms. The Morgan fingerprint density at radius 3 is 2.54 bits per heavy atom.